The Balaban J connectivity index is 1.79. The highest BCUT2D eigenvalue weighted by Crippen LogP contribution is 2.34. The quantitative estimate of drug-likeness (QED) is 0.859. The molecule has 1 unspecified atom stereocenters. The van der Waals surface area contributed by atoms with Crippen molar-refractivity contribution in [2.24, 2.45) is 0 Å². The number of pyridine rings is 1. The smallest absolute Gasteiger partial charge is 0.160 e. The predicted molar refractivity (Wildman–Crippen MR) is 79.6 cm³/mol. The van der Waals surface area contributed by atoms with Crippen LogP contribution in [0.15, 0.2) is 12.3 Å². The maximum Gasteiger partial charge on any atom is 0.160 e. The zero-order valence-electron chi connectivity index (χ0n) is 11.6. The Morgan fingerprint density at radius 3 is 2.90 bits per heavy atom. The van der Waals surface area contributed by atoms with Gasteiger partial charge in [-0.1, -0.05) is 11.6 Å². The highest BCUT2D eigenvalue weighted by atomic mass is 35.5. The molecule has 0 aromatic carbocycles. The molecule has 1 atom stereocenters. The molecule has 2 aromatic heterocycles. The minimum atomic E-state index is -0.267. The molecule has 6 nitrogen and oxygen atoms in total. The molecular formula is C14H17ClN4O2. The summed E-state index contributed by atoms with van der Waals surface area (Å²) in [5, 5.41) is 15.6. The lowest BCUT2D eigenvalue weighted by atomic mass is 10.1. The largest absolute Gasteiger partial charge is 0.389 e. The number of ether oxygens (including phenoxy) is 1. The minimum absolute atomic E-state index is 0.0420. The number of fused-ring (bicyclic) bond motifs is 1. The number of aromatic nitrogens is 3. The SMILES string of the molecule is OC1CN(c2nn(C3CCCCO3)c3cc(Cl)ncc23)C1. The van der Waals surface area contributed by atoms with Gasteiger partial charge in [0.15, 0.2) is 12.0 Å². The van der Waals surface area contributed by atoms with Crippen molar-refractivity contribution in [2.75, 3.05) is 24.6 Å². The number of nitrogens with zero attached hydrogens (tertiary/aromatic N) is 4. The average Bonchev–Trinajstić information content (AvgIpc) is 2.83. The number of anilines is 1. The second-order valence-corrected chi connectivity index (χ2v) is 6.06. The van der Waals surface area contributed by atoms with Gasteiger partial charge < -0.3 is 14.7 Å². The van der Waals surface area contributed by atoms with Crippen molar-refractivity contribution < 1.29 is 9.84 Å². The van der Waals surface area contributed by atoms with Gasteiger partial charge in [-0.15, -0.1) is 0 Å². The average molecular weight is 309 g/mol. The van der Waals surface area contributed by atoms with Crippen LogP contribution in [-0.4, -0.2) is 45.7 Å². The summed E-state index contributed by atoms with van der Waals surface area (Å²) in [4.78, 5) is 6.23. The van der Waals surface area contributed by atoms with Crippen LogP contribution in [0.25, 0.3) is 10.9 Å². The fourth-order valence-corrected chi connectivity index (χ4v) is 3.14. The zero-order chi connectivity index (χ0) is 14.4. The highest BCUT2D eigenvalue weighted by Gasteiger charge is 2.30. The van der Waals surface area contributed by atoms with E-state index in [0.717, 1.165) is 42.6 Å². The van der Waals surface area contributed by atoms with E-state index in [1.807, 2.05) is 10.7 Å². The van der Waals surface area contributed by atoms with Crippen molar-refractivity contribution in [1.82, 2.24) is 14.8 Å². The van der Waals surface area contributed by atoms with Crippen LogP contribution in [-0.2, 0) is 4.74 Å². The van der Waals surface area contributed by atoms with Gasteiger partial charge in [0.05, 0.1) is 17.0 Å². The van der Waals surface area contributed by atoms with Crippen LogP contribution >= 0.6 is 11.6 Å². The van der Waals surface area contributed by atoms with Gasteiger partial charge in [-0.3, -0.25) is 0 Å². The first kappa shape index (κ1) is 13.3. The molecule has 0 bridgehead atoms. The third kappa shape index (κ3) is 2.27. The summed E-state index contributed by atoms with van der Waals surface area (Å²) < 4.78 is 7.77. The van der Waals surface area contributed by atoms with Crippen molar-refractivity contribution in [3.63, 3.8) is 0 Å². The molecule has 0 radical (unpaired) electrons. The highest BCUT2D eigenvalue weighted by molar-refractivity contribution is 6.30. The summed E-state index contributed by atoms with van der Waals surface area (Å²) in [6.07, 6.45) is 4.64. The van der Waals surface area contributed by atoms with Gasteiger partial charge in [-0.05, 0) is 19.3 Å². The van der Waals surface area contributed by atoms with Crippen molar-refractivity contribution in [1.29, 1.82) is 0 Å². The molecule has 2 aliphatic heterocycles. The van der Waals surface area contributed by atoms with Gasteiger partial charge in [0, 0.05) is 32.0 Å². The van der Waals surface area contributed by atoms with Gasteiger partial charge in [0.1, 0.15) is 5.15 Å². The zero-order valence-corrected chi connectivity index (χ0v) is 12.3. The lowest BCUT2D eigenvalue weighted by Crippen LogP contribution is -2.51. The summed E-state index contributed by atoms with van der Waals surface area (Å²) >= 11 is 6.04. The molecule has 2 aromatic rings. The summed E-state index contributed by atoms with van der Waals surface area (Å²) in [6, 6.07) is 1.83. The van der Waals surface area contributed by atoms with Crippen LogP contribution < -0.4 is 4.90 Å². The second kappa shape index (κ2) is 5.12. The van der Waals surface area contributed by atoms with Crippen LogP contribution in [0.5, 0.6) is 0 Å². The van der Waals surface area contributed by atoms with Crippen LogP contribution in [0.1, 0.15) is 25.5 Å². The maximum atomic E-state index is 9.51. The van der Waals surface area contributed by atoms with Crippen LogP contribution in [0, 0.1) is 0 Å². The van der Waals surface area contributed by atoms with Gasteiger partial charge >= 0.3 is 0 Å². The molecule has 0 aliphatic carbocycles. The molecular weight excluding hydrogens is 292 g/mol. The molecule has 2 fully saturated rings. The van der Waals surface area contributed by atoms with E-state index in [0.29, 0.717) is 18.2 Å². The predicted octanol–water partition coefficient (Wildman–Crippen LogP) is 1.96. The van der Waals surface area contributed by atoms with Crippen LogP contribution in [0.3, 0.4) is 0 Å². The molecule has 4 rings (SSSR count). The van der Waals surface area contributed by atoms with Gasteiger partial charge in [-0.25, -0.2) is 9.67 Å². The van der Waals surface area contributed by atoms with Crippen molar-refractivity contribution >= 4 is 28.3 Å². The van der Waals surface area contributed by atoms with E-state index in [1.165, 1.54) is 0 Å². The number of aliphatic hydroxyl groups excluding tert-OH is 1. The summed E-state index contributed by atoms with van der Waals surface area (Å²) in [7, 11) is 0. The first-order valence-electron chi connectivity index (χ1n) is 7.31. The molecule has 0 amide bonds. The van der Waals surface area contributed by atoms with E-state index in [4.69, 9.17) is 21.4 Å². The fraction of sp³-hybridized carbons (Fsp3) is 0.571. The van der Waals surface area contributed by atoms with Crippen LogP contribution in [0.4, 0.5) is 5.82 Å². The van der Waals surface area contributed by atoms with Crippen molar-refractivity contribution in [2.45, 2.75) is 31.6 Å². The topological polar surface area (TPSA) is 63.4 Å². The normalized spacial score (nSPS) is 23.5. The molecule has 21 heavy (non-hydrogen) atoms. The number of β-amino-alcohol motifs (C(OH)–C–C–N with tert-alkyl or cyclic N) is 1. The second-order valence-electron chi connectivity index (χ2n) is 5.67. The Bertz CT molecular complexity index is 662. The Hall–Kier alpha value is -1.37. The standard InChI is InChI=1S/C14H17ClN4O2/c15-12-5-11-10(6-16-12)14(18-7-9(20)8-18)17-19(11)13-3-1-2-4-21-13/h5-6,9,13,20H,1-4,7-8H2. The Labute approximate surface area is 127 Å². The number of aliphatic hydroxyl groups is 1. The molecule has 7 heteroatoms. The number of hydrogen-bond donors (Lipinski definition) is 1. The minimum Gasteiger partial charge on any atom is -0.389 e. The van der Waals surface area contributed by atoms with Gasteiger partial charge in [-0.2, -0.15) is 5.10 Å². The Morgan fingerprint density at radius 1 is 1.33 bits per heavy atom. The van der Waals surface area contributed by atoms with Crippen molar-refractivity contribution in [3.8, 4) is 0 Å². The lowest BCUT2D eigenvalue weighted by molar-refractivity contribution is -0.0366. The molecule has 2 aliphatic rings. The molecule has 0 spiro atoms. The van der Waals surface area contributed by atoms with Gasteiger partial charge in [0.25, 0.3) is 0 Å². The molecule has 112 valence electrons. The lowest BCUT2D eigenvalue weighted by Gasteiger charge is -2.36. The summed E-state index contributed by atoms with van der Waals surface area (Å²) in [5.74, 6) is 0.855. The third-order valence-electron chi connectivity index (χ3n) is 4.13. The molecule has 0 saturated carbocycles. The summed E-state index contributed by atoms with van der Waals surface area (Å²) in [6.45, 7) is 1.99. The molecule has 4 heterocycles. The maximum absolute atomic E-state index is 9.51. The van der Waals surface area contributed by atoms with E-state index >= 15 is 0 Å². The van der Waals surface area contributed by atoms with E-state index in [2.05, 4.69) is 9.88 Å². The van der Waals surface area contributed by atoms with E-state index < -0.39 is 0 Å². The van der Waals surface area contributed by atoms with Crippen LogP contribution in [0.2, 0.25) is 5.15 Å². The van der Waals surface area contributed by atoms with E-state index in [-0.39, 0.29) is 12.3 Å². The number of hydrogen-bond acceptors (Lipinski definition) is 5. The summed E-state index contributed by atoms with van der Waals surface area (Å²) in [5.41, 5.74) is 0.943. The van der Waals surface area contributed by atoms with E-state index in [1.54, 1.807) is 6.20 Å². The molecule has 2 saturated heterocycles. The Kier molecular flexibility index (Phi) is 3.24. The monoisotopic (exact) mass is 308 g/mol. The third-order valence-corrected chi connectivity index (χ3v) is 4.34. The first-order chi connectivity index (χ1) is 10.2. The number of halogens is 1. The number of rotatable bonds is 2. The Morgan fingerprint density at radius 2 is 2.19 bits per heavy atom. The molecule has 1 N–H and O–H groups in total. The first-order valence-corrected chi connectivity index (χ1v) is 7.68. The fourth-order valence-electron chi connectivity index (χ4n) is 2.99. The van der Waals surface area contributed by atoms with Crippen molar-refractivity contribution in [3.05, 3.63) is 17.4 Å². The van der Waals surface area contributed by atoms with E-state index in [9.17, 15) is 5.11 Å². The van der Waals surface area contributed by atoms with Gasteiger partial charge in [0.2, 0.25) is 0 Å².